The largest absolute Gasteiger partial charge is 0.564 e. The van der Waals surface area contributed by atoms with Gasteiger partial charge < -0.3 is 20.1 Å². The first kappa shape index (κ1) is 21.4. The van der Waals surface area contributed by atoms with Crippen molar-refractivity contribution in [1.82, 2.24) is 20.0 Å². The minimum atomic E-state index is -0.752. The number of nitrogens with one attached hydrogen (secondary N) is 1. The molecule has 2 rings (SSSR count). The lowest BCUT2D eigenvalue weighted by atomic mass is 10.2. The molecule has 1 aliphatic rings. The summed E-state index contributed by atoms with van der Waals surface area (Å²) >= 11 is 0. The highest BCUT2D eigenvalue weighted by molar-refractivity contribution is 5.98. The Morgan fingerprint density at radius 3 is 2.75 bits per heavy atom. The predicted molar refractivity (Wildman–Crippen MR) is 98.7 cm³/mol. The molecular formula is C18H27N4O6+. The molecule has 0 saturated carbocycles. The molecule has 0 aromatic carbocycles. The number of hydrogen-bond donors (Lipinski definition) is 1. The molecule has 3 N–H and O–H groups in total. The number of aromatic nitrogens is 2. The maximum Gasteiger partial charge on any atom is 0.520 e. The molecule has 10 heteroatoms. The molecule has 1 aromatic heterocycles. The number of fused-ring (bicyclic) bond motifs is 1. The average molecular weight is 395 g/mol. The van der Waals surface area contributed by atoms with Crippen LogP contribution in [0.4, 0.5) is 0 Å². The SMILES string of the molecule is CCOC(=O)CCCCN1CCn2nc(C(=O)NCC(C)C(=O)[OH2+])cc2C1=O. The summed E-state index contributed by atoms with van der Waals surface area (Å²) in [4.78, 5) is 48.7. The number of amides is 2. The minimum Gasteiger partial charge on any atom is -0.564 e. The van der Waals surface area contributed by atoms with Crippen LogP contribution in [0, 0.1) is 5.92 Å². The summed E-state index contributed by atoms with van der Waals surface area (Å²) in [5.74, 6) is -2.28. The van der Waals surface area contributed by atoms with Crippen LogP contribution in [0.5, 0.6) is 0 Å². The van der Waals surface area contributed by atoms with Crippen molar-refractivity contribution >= 4 is 23.8 Å². The van der Waals surface area contributed by atoms with Crippen LogP contribution in [0.15, 0.2) is 6.07 Å². The van der Waals surface area contributed by atoms with Gasteiger partial charge in [-0.2, -0.15) is 5.10 Å². The van der Waals surface area contributed by atoms with Crippen LogP contribution >= 0.6 is 0 Å². The van der Waals surface area contributed by atoms with Gasteiger partial charge in [0.1, 0.15) is 11.6 Å². The third-order valence-corrected chi connectivity index (χ3v) is 4.48. The van der Waals surface area contributed by atoms with Gasteiger partial charge in [0.15, 0.2) is 5.69 Å². The Bertz CT molecular complexity index is 744. The van der Waals surface area contributed by atoms with Gasteiger partial charge in [-0.25, -0.2) is 0 Å². The van der Waals surface area contributed by atoms with E-state index in [2.05, 4.69) is 10.4 Å². The summed E-state index contributed by atoms with van der Waals surface area (Å²) < 4.78 is 6.38. The topological polar surface area (TPSA) is 134 Å². The summed E-state index contributed by atoms with van der Waals surface area (Å²) in [5.41, 5.74) is 0.448. The van der Waals surface area contributed by atoms with E-state index in [9.17, 15) is 19.2 Å². The fraction of sp³-hybridized carbons (Fsp3) is 0.611. The molecule has 0 spiro atoms. The number of hydrogen-bond acceptors (Lipinski definition) is 6. The number of carbonyl (C=O) groups excluding carboxylic acids is 4. The van der Waals surface area contributed by atoms with Crippen molar-refractivity contribution in [3.05, 3.63) is 17.5 Å². The molecule has 0 fully saturated rings. The summed E-state index contributed by atoms with van der Waals surface area (Å²) in [7, 11) is 0. The molecule has 2 amide bonds. The Labute approximate surface area is 162 Å². The lowest BCUT2D eigenvalue weighted by molar-refractivity contribution is -0.143. The molecular weight excluding hydrogens is 368 g/mol. The quantitative estimate of drug-likeness (QED) is 0.328. The zero-order valence-electron chi connectivity index (χ0n) is 16.2. The molecule has 28 heavy (non-hydrogen) atoms. The molecule has 10 nitrogen and oxygen atoms in total. The van der Waals surface area contributed by atoms with Gasteiger partial charge in [-0.05, 0) is 26.7 Å². The number of unbranched alkanes of at least 4 members (excludes halogenated alkanes) is 1. The maximum atomic E-state index is 12.6. The van der Waals surface area contributed by atoms with Crippen molar-refractivity contribution in [2.75, 3.05) is 26.2 Å². The van der Waals surface area contributed by atoms with Crippen LogP contribution in [0.2, 0.25) is 0 Å². The van der Waals surface area contributed by atoms with Crippen LogP contribution in [-0.2, 0) is 20.9 Å². The highest BCUT2D eigenvalue weighted by Crippen LogP contribution is 2.15. The minimum absolute atomic E-state index is 0.0455. The van der Waals surface area contributed by atoms with Crippen LogP contribution in [-0.4, -0.2) is 69.8 Å². The van der Waals surface area contributed by atoms with Crippen LogP contribution in [0.25, 0.3) is 0 Å². The van der Waals surface area contributed by atoms with Gasteiger partial charge in [0.25, 0.3) is 11.8 Å². The number of rotatable bonds is 10. The highest BCUT2D eigenvalue weighted by atomic mass is 16.5. The second kappa shape index (κ2) is 9.86. The molecule has 1 atom stereocenters. The second-order valence-electron chi connectivity index (χ2n) is 6.67. The van der Waals surface area contributed by atoms with E-state index in [0.717, 1.165) is 0 Å². The van der Waals surface area contributed by atoms with Gasteiger partial charge in [-0.15, -0.1) is 0 Å². The molecule has 0 saturated heterocycles. The summed E-state index contributed by atoms with van der Waals surface area (Å²) in [6.07, 6.45) is 1.66. The number of esters is 1. The molecule has 0 aliphatic carbocycles. The van der Waals surface area contributed by atoms with Crippen LogP contribution in [0.1, 0.15) is 54.1 Å². The summed E-state index contributed by atoms with van der Waals surface area (Å²) in [6.45, 7) is 5.21. The van der Waals surface area contributed by atoms with Gasteiger partial charge in [0.05, 0.1) is 13.2 Å². The molecule has 0 bridgehead atoms. The standard InChI is InChI=1S/C18H26N4O6/c1-3-28-15(23)6-4-5-7-21-8-9-22-14(17(21)25)10-13(20-22)16(24)19-11-12(2)18(26)27/h10,12H,3-9,11H2,1-2H3,(H,19,24)(H,26,27)/p+1. The van der Waals surface area contributed by atoms with E-state index in [1.165, 1.54) is 10.7 Å². The first-order chi connectivity index (χ1) is 13.3. The van der Waals surface area contributed by atoms with Crippen LogP contribution < -0.4 is 5.32 Å². The smallest absolute Gasteiger partial charge is 0.520 e. The Kier molecular flexibility index (Phi) is 7.53. The Morgan fingerprint density at radius 2 is 2.07 bits per heavy atom. The highest BCUT2D eigenvalue weighted by Gasteiger charge is 2.28. The summed E-state index contributed by atoms with van der Waals surface area (Å²) in [6, 6.07) is 1.44. The maximum absolute atomic E-state index is 12.6. The fourth-order valence-electron chi connectivity index (χ4n) is 2.80. The van der Waals surface area contributed by atoms with Crippen molar-refractivity contribution in [3.8, 4) is 0 Å². The number of nitrogens with zero attached hydrogens (tertiary/aromatic N) is 3. The van der Waals surface area contributed by atoms with E-state index >= 15 is 0 Å². The Balaban J connectivity index is 1.88. The molecule has 154 valence electrons. The lowest BCUT2D eigenvalue weighted by Gasteiger charge is -2.27. The van der Waals surface area contributed by atoms with Crippen molar-refractivity contribution in [2.24, 2.45) is 5.92 Å². The monoisotopic (exact) mass is 395 g/mol. The van der Waals surface area contributed by atoms with Gasteiger partial charge in [-0.3, -0.25) is 19.1 Å². The first-order valence-corrected chi connectivity index (χ1v) is 9.39. The third kappa shape index (κ3) is 5.54. The molecule has 1 aromatic rings. The number of ether oxygens (including phenoxy) is 1. The van der Waals surface area contributed by atoms with Gasteiger partial charge in [-0.1, -0.05) is 0 Å². The zero-order chi connectivity index (χ0) is 20.7. The van der Waals surface area contributed by atoms with E-state index in [4.69, 9.17) is 9.84 Å². The normalized spacial score (nSPS) is 14.4. The lowest BCUT2D eigenvalue weighted by Crippen LogP contribution is -2.40. The molecule has 0 radical (unpaired) electrons. The van der Waals surface area contributed by atoms with Gasteiger partial charge in [0, 0.05) is 36.9 Å². The zero-order valence-corrected chi connectivity index (χ0v) is 16.2. The van der Waals surface area contributed by atoms with Crippen molar-refractivity contribution in [3.63, 3.8) is 0 Å². The fourth-order valence-corrected chi connectivity index (χ4v) is 2.80. The third-order valence-electron chi connectivity index (χ3n) is 4.48. The van der Waals surface area contributed by atoms with Gasteiger partial charge in [0.2, 0.25) is 0 Å². The van der Waals surface area contributed by atoms with E-state index in [-0.39, 0.29) is 24.1 Å². The Hall–Kier alpha value is -2.91. The van der Waals surface area contributed by atoms with Gasteiger partial charge >= 0.3 is 11.9 Å². The second-order valence-corrected chi connectivity index (χ2v) is 6.67. The van der Waals surface area contributed by atoms with E-state index in [1.807, 2.05) is 0 Å². The van der Waals surface area contributed by atoms with Crippen molar-refractivity contribution in [1.29, 1.82) is 0 Å². The van der Waals surface area contributed by atoms with Crippen molar-refractivity contribution < 1.29 is 29.0 Å². The first-order valence-electron chi connectivity index (χ1n) is 9.39. The average Bonchev–Trinajstić information content (AvgIpc) is 3.10. The summed E-state index contributed by atoms with van der Waals surface area (Å²) in [5, 5.41) is 13.7. The molecule has 1 aliphatic heterocycles. The predicted octanol–water partition coefficient (Wildman–Crippen LogP) is -0.311. The number of carbonyl (C=O) groups is 4. The van der Waals surface area contributed by atoms with E-state index in [1.54, 1.807) is 18.7 Å². The molecule has 2 heterocycles. The Morgan fingerprint density at radius 1 is 1.32 bits per heavy atom. The van der Waals surface area contributed by atoms with E-state index in [0.29, 0.717) is 51.2 Å². The molecule has 1 unspecified atom stereocenters. The van der Waals surface area contributed by atoms with Crippen LogP contribution in [0.3, 0.4) is 0 Å². The van der Waals surface area contributed by atoms with Crippen molar-refractivity contribution in [2.45, 2.75) is 39.7 Å². The van der Waals surface area contributed by atoms with E-state index < -0.39 is 17.8 Å².